The van der Waals surface area contributed by atoms with Gasteiger partial charge in [-0.25, -0.2) is 4.79 Å². The molecule has 0 aromatic rings. The smallest absolute Gasteiger partial charge is 0.410 e. The largest absolute Gasteiger partial charge is 0.444 e. The van der Waals surface area contributed by atoms with E-state index >= 15 is 0 Å². The first-order valence-corrected chi connectivity index (χ1v) is 6.51. The monoisotopic (exact) mass is 272 g/mol. The van der Waals surface area contributed by atoms with Crippen LogP contribution in [0.25, 0.3) is 0 Å². The number of ether oxygens (including phenoxy) is 2. The highest BCUT2D eigenvalue weighted by atomic mass is 16.6. The van der Waals surface area contributed by atoms with Gasteiger partial charge in [-0.1, -0.05) is 0 Å². The van der Waals surface area contributed by atoms with Crippen LogP contribution in [0.3, 0.4) is 0 Å². The number of nitrogens with zero attached hydrogens (tertiary/aromatic N) is 1. The molecule has 6 nitrogen and oxygen atoms in total. The summed E-state index contributed by atoms with van der Waals surface area (Å²) < 4.78 is 10.7. The number of hydrogen-bond donors (Lipinski definition) is 1. The second-order valence-electron chi connectivity index (χ2n) is 5.80. The molecular weight excluding hydrogens is 248 g/mol. The third kappa shape index (κ3) is 5.06. The molecular formula is C13H24N2O4. The fourth-order valence-electron chi connectivity index (χ4n) is 2.07. The standard InChI is InChI=1S/C13H24N2O4/c1-9(16)14-10-6-7-15(8-11(10)18-5)12(17)19-13(2,3)4/h10-11H,6-8H2,1-5H3,(H,14,16). The lowest BCUT2D eigenvalue weighted by atomic mass is 10.0. The van der Waals surface area contributed by atoms with Crippen molar-refractivity contribution in [2.24, 2.45) is 0 Å². The number of methoxy groups -OCH3 is 1. The second-order valence-corrected chi connectivity index (χ2v) is 5.80. The highest BCUT2D eigenvalue weighted by molar-refractivity contribution is 5.73. The fourth-order valence-corrected chi connectivity index (χ4v) is 2.07. The van der Waals surface area contributed by atoms with E-state index in [1.165, 1.54) is 6.92 Å². The second kappa shape index (κ2) is 6.23. The van der Waals surface area contributed by atoms with E-state index in [0.717, 1.165) is 0 Å². The van der Waals surface area contributed by atoms with Gasteiger partial charge in [-0.3, -0.25) is 4.79 Å². The van der Waals surface area contributed by atoms with Crippen molar-refractivity contribution in [2.75, 3.05) is 20.2 Å². The Kier molecular flexibility index (Phi) is 5.17. The van der Waals surface area contributed by atoms with Crippen LogP contribution in [-0.4, -0.2) is 54.8 Å². The molecule has 0 saturated carbocycles. The number of hydrogen-bond acceptors (Lipinski definition) is 4. The molecule has 1 aliphatic rings. The third-order valence-electron chi connectivity index (χ3n) is 2.90. The molecule has 1 rings (SSSR count). The van der Waals surface area contributed by atoms with Gasteiger partial charge in [-0.15, -0.1) is 0 Å². The van der Waals surface area contributed by atoms with Gasteiger partial charge in [0.25, 0.3) is 0 Å². The van der Waals surface area contributed by atoms with Gasteiger partial charge in [-0.05, 0) is 27.2 Å². The Morgan fingerprint density at radius 3 is 2.42 bits per heavy atom. The maximum Gasteiger partial charge on any atom is 0.410 e. The Bertz CT molecular complexity index is 338. The minimum atomic E-state index is -0.506. The fraction of sp³-hybridized carbons (Fsp3) is 0.846. The van der Waals surface area contributed by atoms with E-state index in [1.54, 1.807) is 12.0 Å². The SMILES string of the molecule is COC1CN(C(=O)OC(C)(C)C)CCC1NC(C)=O. The number of piperidine rings is 1. The molecule has 0 aromatic carbocycles. The molecule has 2 unspecified atom stereocenters. The van der Waals surface area contributed by atoms with Gasteiger partial charge in [0, 0.05) is 20.6 Å². The van der Waals surface area contributed by atoms with Gasteiger partial charge in [0.1, 0.15) is 5.60 Å². The molecule has 6 heteroatoms. The Morgan fingerprint density at radius 1 is 1.32 bits per heavy atom. The molecule has 2 amide bonds. The molecule has 0 radical (unpaired) electrons. The maximum absolute atomic E-state index is 12.0. The van der Waals surface area contributed by atoms with Crippen molar-refractivity contribution in [3.8, 4) is 0 Å². The molecule has 0 spiro atoms. The Hall–Kier alpha value is -1.30. The zero-order chi connectivity index (χ0) is 14.6. The van der Waals surface area contributed by atoms with Crippen molar-refractivity contribution in [3.05, 3.63) is 0 Å². The molecule has 1 saturated heterocycles. The Balaban J connectivity index is 2.58. The summed E-state index contributed by atoms with van der Waals surface area (Å²) in [6.07, 6.45) is 0.123. The molecule has 19 heavy (non-hydrogen) atoms. The summed E-state index contributed by atoms with van der Waals surface area (Å²) in [4.78, 5) is 24.7. The minimum Gasteiger partial charge on any atom is -0.444 e. The molecule has 1 heterocycles. The summed E-state index contributed by atoms with van der Waals surface area (Å²) in [7, 11) is 1.58. The van der Waals surface area contributed by atoms with Crippen LogP contribution in [0.4, 0.5) is 4.79 Å². The van der Waals surface area contributed by atoms with E-state index in [0.29, 0.717) is 19.5 Å². The Morgan fingerprint density at radius 2 is 1.95 bits per heavy atom. The first kappa shape index (κ1) is 15.8. The highest BCUT2D eigenvalue weighted by Gasteiger charge is 2.33. The maximum atomic E-state index is 12.0. The van der Waals surface area contributed by atoms with Crippen LogP contribution in [0.2, 0.25) is 0 Å². The number of nitrogens with one attached hydrogen (secondary N) is 1. The van der Waals surface area contributed by atoms with Crippen molar-refractivity contribution < 1.29 is 19.1 Å². The van der Waals surface area contributed by atoms with Crippen molar-refractivity contribution in [1.82, 2.24) is 10.2 Å². The molecule has 110 valence electrons. The Labute approximate surface area is 114 Å². The first-order valence-electron chi connectivity index (χ1n) is 6.51. The quantitative estimate of drug-likeness (QED) is 0.818. The first-order chi connectivity index (χ1) is 8.73. The average Bonchev–Trinajstić information content (AvgIpc) is 2.26. The number of likely N-dealkylation sites (tertiary alicyclic amines) is 1. The van der Waals surface area contributed by atoms with E-state index in [9.17, 15) is 9.59 Å². The van der Waals surface area contributed by atoms with Crippen molar-refractivity contribution >= 4 is 12.0 Å². The van der Waals surface area contributed by atoms with Gasteiger partial charge in [0.05, 0.1) is 18.7 Å². The van der Waals surface area contributed by atoms with Crippen LogP contribution >= 0.6 is 0 Å². The topological polar surface area (TPSA) is 67.9 Å². The lowest BCUT2D eigenvalue weighted by Crippen LogP contribution is -2.56. The van der Waals surface area contributed by atoms with Crippen LogP contribution in [0.15, 0.2) is 0 Å². The zero-order valence-corrected chi connectivity index (χ0v) is 12.4. The van der Waals surface area contributed by atoms with Gasteiger partial charge < -0.3 is 19.7 Å². The number of carbonyl (C=O) groups is 2. The van der Waals surface area contributed by atoms with Gasteiger partial charge in [0.15, 0.2) is 0 Å². The number of amides is 2. The molecule has 1 fully saturated rings. The van der Waals surface area contributed by atoms with Gasteiger partial charge in [0.2, 0.25) is 5.91 Å². The zero-order valence-electron chi connectivity index (χ0n) is 12.4. The molecule has 2 atom stereocenters. The normalized spacial score (nSPS) is 23.9. The van der Waals surface area contributed by atoms with E-state index in [-0.39, 0.29) is 24.1 Å². The van der Waals surface area contributed by atoms with E-state index in [2.05, 4.69) is 5.32 Å². The van der Waals surface area contributed by atoms with E-state index in [4.69, 9.17) is 9.47 Å². The van der Waals surface area contributed by atoms with Crippen molar-refractivity contribution in [3.63, 3.8) is 0 Å². The van der Waals surface area contributed by atoms with Crippen molar-refractivity contribution in [1.29, 1.82) is 0 Å². The molecule has 1 aliphatic heterocycles. The summed E-state index contributed by atoms with van der Waals surface area (Å²) in [5, 5.41) is 2.85. The predicted molar refractivity (Wildman–Crippen MR) is 70.8 cm³/mol. The van der Waals surface area contributed by atoms with Crippen LogP contribution in [0.5, 0.6) is 0 Å². The van der Waals surface area contributed by atoms with E-state index < -0.39 is 5.60 Å². The number of rotatable bonds is 2. The third-order valence-corrected chi connectivity index (χ3v) is 2.90. The lowest BCUT2D eigenvalue weighted by molar-refractivity contribution is -0.121. The summed E-state index contributed by atoms with van der Waals surface area (Å²) in [5.41, 5.74) is -0.506. The van der Waals surface area contributed by atoms with E-state index in [1.807, 2.05) is 20.8 Å². The summed E-state index contributed by atoms with van der Waals surface area (Å²) in [6.45, 7) is 7.97. The lowest BCUT2D eigenvalue weighted by Gasteiger charge is -2.38. The van der Waals surface area contributed by atoms with Crippen LogP contribution in [0.1, 0.15) is 34.1 Å². The van der Waals surface area contributed by atoms with Crippen LogP contribution < -0.4 is 5.32 Å². The van der Waals surface area contributed by atoms with Gasteiger partial charge >= 0.3 is 6.09 Å². The summed E-state index contributed by atoms with van der Waals surface area (Å²) in [6, 6.07) is -0.0545. The predicted octanol–water partition coefficient (Wildman–Crippen LogP) is 1.15. The molecule has 1 N–H and O–H groups in total. The molecule has 0 aliphatic carbocycles. The van der Waals surface area contributed by atoms with Gasteiger partial charge in [-0.2, -0.15) is 0 Å². The van der Waals surface area contributed by atoms with Crippen LogP contribution in [0, 0.1) is 0 Å². The summed E-state index contributed by atoms with van der Waals surface area (Å²) in [5.74, 6) is -0.0854. The molecule has 0 bridgehead atoms. The summed E-state index contributed by atoms with van der Waals surface area (Å²) >= 11 is 0. The average molecular weight is 272 g/mol. The minimum absolute atomic E-state index is 0.0545. The van der Waals surface area contributed by atoms with Crippen molar-refractivity contribution in [2.45, 2.75) is 51.9 Å². The highest BCUT2D eigenvalue weighted by Crippen LogP contribution is 2.17. The molecule has 0 aromatic heterocycles. The van der Waals surface area contributed by atoms with Crippen LogP contribution in [-0.2, 0) is 14.3 Å². The number of carbonyl (C=O) groups excluding carboxylic acids is 2.